The number of fused-ring (bicyclic) bond motifs is 3. The molecule has 0 spiro atoms. The monoisotopic (exact) mass is 470 g/mol. The third-order valence-electron chi connectivity index (χ3n) is 6.08. The van der Waals surface area contributed by atoms with Crippen molar-refractivity contribution in [2.75, 3.05) is 40.5 Å². The van der Waals surface area contributed by atoms with Crippen LogP contribution < -0.4 is 4.74 Å². The summed E-state index contributed by atoms with van der Waals surface area (Å²) < 4.78 is 12.2. The van der Waals surface area contributed by atoms with Crippen molar-refractivity contribution >= 4 is 26.8 Å². The molecule has 1 N–H and O–H groups in total. The summed E-state index contributed by atoms with van der Waals surface area (Å²) in [6.07, 6.45) is 4.59. The Morgan fingerprint density at radius 1 is 1.10 bits per heavy atom. The lowest BCUT2D eigenvalue weighted by molar-refractivity contribution is 0.157. The number of nitrogens with zero attached hydrogens (tertiary/aromatic N) is 1. The van der Waals surface area contributed by atoms with E-state index in [-0.39, 0.29) is 0 Å². The van der Waals surface area contributed by atoms with E-state index in [0.717, 1.165) is 49.4 Å². The summed E-state index contributed by atoms with van der Waals surface area (Å²) in [5.41, 5.74) is 5.49. The zero-order chi connectivity index (χ0) is 20.9. The minimum atomic E-state index is 0.434. The molecule has 0 radical (unpaired) electrons. The van der Waals surface area contributed by atoms with Crippen molar-refractivity contribution in [3.8, 4) is 5.75 Å². The lowest BCUT2D eigenvalue weighted by Crippen LogP contribution is -2.25. The van der Waals surface area contributed by atoms with Crippen molar-refractivity contribution in [3.05, 3.63) is 63.8 Å². The van der Waals surface area contributed by atoms with Gasteiger partial charge in [0.2, 0.25) is 0 Å². The van der Waals surface area contributed by atoms with Crippen LogP contribution in [0.1, 0.15) is 42.0 Å². The summed E-state index contributed by atoms with van der Waals surface area (Å²) in [6.45, 7) is 3.48. The molecule has 4 nitrogen and oxygen atoms in total. The van der Waals surface area contributed by atoms with Crippen molar-refractivity contribution in [1.82, 2.24) is 9.88 Å². The summed E-state index contributed by atoms with van der Waals surface area (Å²) in [4.78, 5) is 5.98. The Morgan fingerprint density at radius 3 is 2.73 bits per heavy atom. The molecule has 160 valence electrons. The van der Waals surface area contributed by atoms with E-state index in [1.807, 2.05) is 0 Å². The van der Waals surface area contributed by atoms with Crippen molar-refractivity contribution in [2.45, 2.75) is 31.6 Å². The highest BCUT2D eigenvalue weighted by atomic mass is 79.9. The number of rotatable bonds is 9. The first-order valence-electron chi connectivity index (χ1n) is 10.9. The number of aromatic amines is 1. The molecule has 0 bridgehead atoms. The summed E-state index contributed by atoms with van der Waals surface area (Å²) in [5, 5.41) is 1.36. The first kappa shape index (κ1) is 21.4. The predicted molar refractivity (Wildman–Crippen MR) is 127 cm³/mol. The van der Waals surface area contributed by atoms with Crippen LogP contribution in [0.15, 0.2) is 46.9 Å². The molecule has 1 aliphatic rings. The highest BCUT2D eigenvalue weighted by Gasteiger charge is 2.25. The third kappa shape index (κ3) is 4.90. The molecule has 1 heterocycles. The summed E-state index contributed by atoms with van der Waals surface area (Å²) >= 11 is 3.62. The van der Waals surface area contributed by atoms with E-state index in [0.29, 0.717) is 5.92 Å². The highest BCUT2D eigenvalue weighted by molar-refractivity contribution is 9.10. The largest absolute Gasteiger partial charge is 0.494 e. The molecule has 3 aromatic rings. The van der Waals surface area contributed by atoms with Crippen molar-refractivity contribution in [1.29, 1.82) is 0 Å². The number of hydrogen-bond donors (Lipinski definition) is 1. The fraction of sp³-hybridized carbons (Fsp3) is 0.440. The first-order valence-corrected chi connectivity index (χ1v) is 11.6. The van der Waals surface area contributed by atoms with Crippen LogP contribution in [-0.2, 0) is 11.2 Å². The second-order valence-corrected chi connectivity index (χ2v) is 9.13. The Balaban J connectivity index is 1.39. The van der Waals surface area contributed by atoms with Gasteiger partial charge >= 0.3 is 0 Å². The fourth-order valence-corrected chi connectivity index (χ4v) is 4.81. The maximum absolute atomic E-state index is 5.96. The minimum absolute atomic E-state index is 0.434. The Labute approximate surface area is 187 Å². The zero-order valence-corrected chi connectivity index (χ0v) is 19.5. The Kier molecular flexibility index (Phi) is 7.13. The number of aromatic nitrogens is 1. The number of nitrogens with one attached hydrogen (secondary N) is 1. The van der Waals surface area contributed by atoms with Crippen LogP contribution >= 0.6 is 15.9 Å². The normalized spacial score (nSPS) is 16.2. The van der Waals surface area contributed by atoms with Crippen LogP contribution in [0.4, 0.5) is 0 Å². The SMILES string of the molecule is COCCN(C)CCCOc1ccc(C2CCCc3c2[nH]c2ccc(Br)cc32)cc1. The van der Waals surface area contributed by atoms with Crippen LogP contribution in [0.5, 0.6) is 5.75 Å². The topological polar surface area (TPSA) is 37.5 Å². The maximum Gasteiger partial charge on any atom is 0.119 e. The molecule has 0 aliphatic heterocycles. The van der Waals surface area contributed by atoms with Crippen LogP contribution in [0, 0.1) is 0 Å². The van der Waals surface area contributed by atoms with E-state index in [4.69, 9.17) is 9.47 Å². The average molecular weight is 471 g/mol. The lowest BCUT2D eigenvalue weighted by Gasteiger charge is -2.23. The number of ether oxygens (including phenoxy) is 2. The molecule has 0 amide bonds. The van der Waals surface area contributed by atoms with Gasteiger partial charge in [0.05, 0.1) is 13.2 Å². The standard InChI is InChI=1S/C25H31BrN2O2/c1-28(14-16-29-2)13-4-15-30-20-10-7-18(8-11-20)21-5-3-6-22-23-17-19(26)9-12-24(23)27-25(21)22/h7-12,17,21,27H,3-6,13-16H2,1-2H3. The second-order valence-electron chi connectivity index (χ2n) is 8.22. The van der Waals surface area contributed by atoms with E-state index in [1.165, 1.54) is 40.6 Å². The molecule has 4 rings (SSSR count). The van der Waals surface area contributed by atoms with Crippen molar-refractivity contribution in [2.24, 2.45) is 0 Å². The number of hydrogen-bond acceptors (Lipinski definition) is 3. The van der Waals surface area contributed by atoms with Gasteiger partial charge in [-0.1, -0.05) is 28.1 Å². The minimum Gasteiger partial charge on any atom is -0.494 e. The van der Waals surface area contributed by atoms with Gasteiger partial charge in [0.1, 0.15) is 5.75 Å². The van der Waals surface area contributed by atoms with Crippen molar-refractivity contribution < 1.29 is 9.47 Å². The molecule has 30 heavy (non-hydrogen) atoms. The molecular weight excluding hydrogens is 440 g/mol. The van der Waals surface area contributed by atoms with Crippen LogP contribution in [0.2, 0.25) is 0 Å². The number of likely N-dealkylation sites (N-methyl/N-ethyl adjacent to an activating group) is 1. The van der Waals surface area contributed by atoms with Gasteiger partial charge in [0.25, 0.3) is 0 Å². The summed E-state index contributed by atoms with van der Waals surface area (Å²) in [6, 6.07) is 15.3. The maximum atomic E-state index is 5.96. The van der Waals surface area contributed by atoms with Crippen LogP contribution in [0.25, 0.3) is 10.9 Å². The van der Waals surface area contributed by atoms with E-state index >= 15 is 0 Å². The molecule has 0 saturated heterocycles. The molecule has 0 fully saturated rings. The van der Waals surface area contributed by atoms with Gasteiger partial charge in [-0.25, -0.2) is 0 Å². The second kappa shape index (κ2) is 9.99. The molecule has 1 atom stereocenters. The molecule has 2 aromatic carbocycles. The number of methoxy groups -OCH3 is 1. The molecule has 0 saturated carbocycles. The molecule has 1 unspecified atom stereocenters. The molecular formula is C25H31BrN2O2. The average Bonchev–Trinajstić information content (AvgIpc) is 3.14. The molecule has 1 aliphatic carbocycles. The Bertz CT molecular complexity index is 967. The summed E-state index contributed by atoms with van der Waals surface area (Å²) in [5.74, 6) is 1.39. The Hall–Kier alpha value is -1.82. The van der Waals surface area contributed by atoms with Crippen LogP contribution in [0.3, 0.4) is 0 Å². The highest BCUT2D eigenvalue weighted by Crippen LogP contribution is 2.40. The van der Waals surface area contributed by atoms with Gasteiger partial charge in [-0.3, -0.25) is 0 Å². The zero-order valence-electron chi connectivity index (χ0n) is 17.9. The van der Waals surface area contributed by atoms with E-state index in [1.54, 1.807) is 7.11 Å². The Morgan fingerprint density at radius 2 is 1.93 bits per heavy atom. The number of aryl methyl sites for hydroxylation is 1. The van der Waals surface area contributed by atoms with Gasteiger partial charge in [-0.2, -0.15) is 0 Å². The number of benzene rings is 2. The molecule has 1 aromatic heterocycles. The van der Waals surface area contributed by atoms with Crippen molar-refractivity contribution in [3.63, 3.8) is 0 Å². The van der Waals surface area contributed by atoms with Gasteiger partial charge in [0.15, 0.2) is 0 Å². The third-order valence-corrected chi connectivity index (χ3v) is 6.57. The first-order chi connectivity index (χ1) is 14.7. The lowest BCUT2D eigenvalue weighted by atomic mass is 9.82. The van der Waals surface area contributed by atoms with Gasteiger partial charge in [0, 0.05) is 47.2 Å². The fourth-order valence-electron chi connectivity index (χ4n) is 4.45. The van der Waals surface area contributed by atoms with Crippen LogP contribution in [-0.4, -0.2) is 50.3 Å². The number of halogens is 1. The summed E-state index contributed by atoms with van der Waals surface area (Å²) in [7, 11) is 3.86. The molecule has 5 heteroatoms. The van der Waals surface area contributed by atoms with E-state index in [9.17, 15) is 0 Å². The quantitative estimate of drug-likeness (QED) is 0.404. The van der Waals surface area contributed by atoms with E-state index < -0.39 is 0 Å². The van der Waals surface area contributed by atoms with Gasteiger partial charge in [-0.05, 0) is 74.2 Å². The predicted octanol–water partition coefficient (Wildman–Crippen LogP) is 5.75. The number of H-pyrrole nitrogens is 1. The van der Waals surface area contributed by atoms with E-state index in [2.05, 4.69) is 75.3 Å². The smallest absolute Gasteiger partial charge is 0.119 e. The van der Waals surface area contributed by atoms with Gasteiger partial charge in [-0.15, -0.1) is 0 Å². The van der Waals surface area contributed by atoms with Gasteiger partial charge < -0.3 is 19.4 Å².